The van der Waals surface area contributed by atoms with Gasteiger partial charge >= 0.3 is 11.4 Å². The van der Waals surface area contributed by atoms with E-state index in [9.17, 15) is 19.2 Å². The van der Waals surface area contributed by atoms with Crippen LogP contribution in [0, 0.1) is 0 Å². The van der Waals surface area contributed by atoms with Crippen molar-refractivity contribution in [2.75, 3.05) is 33.3 Å². The van der Waals surface area contributed by atoms with Crippen LogP contribution in [-0.2, 0) is 41.8 Å². The molecule has 2 aliphatic carbocycles. The van der Waals surface area contributed by atoms with Gasteiger partial charge < -0.3 is 19.2 Å². The van der Waals surface area contributed by atoms with Gasteiger partial charge in [-0.1, -0.05) is 53.6 Å². The van der Waals surface area contributed by atoms with Crippen LogP contribution in [0.4, 0.5) is 15.3 Å². The second-order valence-corrected chi connectivity index (χ2v) is 19.4. The number of aromatic nitrogens is 2. The molecule has 62 heavy (non-hydrogen) atoms. The van der Waals surface area contributed by atoms with E-state index >= 15 is 0 Å². The smallest absolute Gasteiger partial charge is 0.323 e. The van der Waals surface area contributed by atoms with Crippen molar-refractivity contribution >= 4 is 84.8 Å². The van der Waals surface area contributed by atoms with Gasteiger partial charge in [0.2, 0.25) is 5.78 Å². The number of carbonyl (C=O) groups is 4. The van der Waals surface area contributed by atoms with Crippen molar-refractivity contribution in [1.29, 1.82) is 0 Å². The van der Waals surface area contributed by atoms with Crippen molar-refractivity contribution in [1.82, 2.24) is 9.97 Å². The molecular formula is C48H45N3O7P4. The van der Waals surface area contributed by atoms with E-state index in [2.05, 4.69) is 65.8 Å². The number of hydrogen-bond donors (Lipinski definition) is 1. The Bertz CT molecular complexity index is 2870. The summed E-state index contributed by atoms with van der Waals surface area (Å²) in [7, 11) is 1.47. The monoisotopic (exact) mass is 899 g/mol. The molecular weight excluding hydrogens is 854 g/mol. The topological polar surface area (TPSA) is 137 Å². The van der Waals surface area contributed by atoms with E-state index in [4.69, 9.17) is 19.2 Å². The summed E-state index contributed by atoms with van der Waals surface area (Å²) in [6.07, 6.45) is 5.50. The molecule has 2 aliphatic heterocycles. The number of ether oxygens (including phenoxy) is 3. The van der Waals surface area contributed by atoms with E-state index in [0.717, 1.165) is 61.4 Å². The number of benzene rings is 5. The summed E-state index contributed by atoms with van der Waals surface area (Å²) >= 11 is 0. The number of nitrogens with zero attached hydrogens (tertiary/aromatic N) is 2. The molecule has 3 heterocycles. The Labute approximate surface area is 366 Å². The van der Waals surface area contributed by atoms with Crippen LogP contribution in [0.25, 0.3) is 44.3 Å². The van der Waals surface area contributed by atoms with Crippen LogP contribution in [0.1, 0.15) is 55.0 Å². The molecule has 0 bridgehead atoms. The number of ketones is 2. The molecule has 5 atom stereocenters. The minimum Gasteiger partial charge on any atom is -0.488 e. The molecule has 10 rings (SSSR count). The number of aryl methyl sites for hydroxylation is 3. The molecule has 5 aromatic carbocycles. The molecule has 0 fully saturated rings. The highest BCUT2D eigenvalue weighted by molar-refractivity contribution is 7.57. The molecule has 0 saturated heterocycles. The number of aliphatic imine (C=N–C) groups is 1. The number of hydrogen-bond acceptors (Lipinski definition) is 9. The fourth-order valence-corrected chi connectivity index (χ4v) is 10.2. The van der Waals surface area contributed by atoms with Crippen molar-refractivity contribution in [3.8, 4) is 39.3 Å². The van der Waals surface area contributed by atoms with Crippen LogP contribution in [0.2, 0.25) is 0 Å². The number of fused-ring (bicyclic) bond motifs is 10. The Morgan fingerprint density at radius 1 is 0.774 bits per heavy atom. The summed E-state index contributed by atoms with van der Waals surface area (Å²) in [5.41, 5.74) is 16.8. The van der Waals surface area contributed by atoms with Gasteiger partial charge in [-0.15, -0.1) is 0 Å². The first-order chi connectivity index (χ1) is 30.1. The maximum atomic E-state index is 12.8. The van der Waals surface area contributed by atoms with Gasteiger partial charge in [0.05, 0.1) is 17.6 Å². The third-order valence-electron chi connectivity index (χ3n) is 11.9. The van der Waals surface area contributed by atoms with E-state index in [0.29, 0.717) is 38.3 Å². The van der Waals surface area contributed by atoms with Gasteiger partial charge in [-0.05, 0) is 167 Å². The fraction of sp³-hybridized carbons (Fsp3) is 0.250. The zero-order chi connectivity index (χ0) is 43.1. The third kappa shape index (κ3) is 8.31. The lowest BCUT2D eigenvalue weighted by atomic mass is 9.82. The lowest BCUT2D eigenvalue weighted by molar-refractivity contribution is 0.0657. The molecule has 1 aromatic heterocycles. The minimum absolute atomic E-state index is 0.00806. The van der Waals surface area contributed by atoms with Crippen LogP contribution >= 0.6 is 34.3 Å². The van der Waals surface area contributed by atoms with Crippen molar-refractivity contribution in [2.24, 2.45) is 4.99 Å². The average Bonchev–Trinajstić information content (AvgIpc) is 3.98. The zero-order valence-electron chi connectivity index (χ0n) is 34.8. The molecule has 6 aromatic rings. The Morgan fingerprint density at radius 3 is 2.32 bits per heavy atom. The molecule has 10 nitrogen and oxygen atoms in total. The van der Waals surface area contributed by atoms with E-state index in [1.54, 1.807) is 31.5 Å². The molecule has 4 aliphatic rings. The predicted molar refractivity (Wildman–Crippen MR) is 257 cm³/mol. The molecule has 314 valence electrons. The first kappa shape index (κ1) is 42.3. The molecule has 0 spiro atoms. The highest BCUT2D eigenvalue weighted by atomic mass is 31.1. The molecule has 1 N–H and O–H groups in total. The summed E-state index contributed by atoms with van der Waals surface area (Å²) in [6.45, 7) is 7.78. The highest BCUT2D eigenvalue weighted by Crippen LogP contribution is 2.44. The van der Waals surface area contributed by atoms with Crippen LogP contribution in [0.3, 0.4) is 0 Å². The summed E-state index contributed by atoms with van der Waals surface area (Å²) in [6, 6.07) is 25.2. The zero-order valence-corrected chi connectivity index (χ0v) is 38.8. The number of imidazole rings is 1. The number of aromatic amines is 1. The van der Waals surface area contributed by atoms with Gasteiger partial charge in [-0.2, -0.15) is 0 Å². The lowest BCUT2D eigenvalue weighted by Gasteiger charge is -2.27. The fourth-order valence-electron chi connectivity index (χ4n) is 8.68. The van der Waals surface area contributed by atoms with Crippen LogP contribution < -0.4 is 10.3 Å². The van der Waals surface area contributed by atoms with Gasteiger partial charge in [-0.25, -0.2) is 14.6 Å². The summed E-state index contributed by atoms with van der Waals surface area (Å²) in [5, 5.41) is 2.73. The van der Waals surface area contributed by atoms with E-state index in [1.165, 1.54) is 55.3 Å². The van der Waals surface area contributed by atoms with Gasteiger partial charge in [0.25, 0.3) is 0 Å². The first-order valence-corrected chi connectivity index (χ1v) is 26.6. The number of Topliss-reactive ketones (excluding diaryl/α,β-unsaturated/α-hetero) is 2. The first-order valence-electron chi connectivity index (χ1n) is 20.6. The second-order valence-electron chi connectivity index (χ2n) is 15.5. The van der Waals surface area contributed by atoms with E-state index < -0.39 is 6.10 Å². The number of rotatable bonds is 9. The van der Waals surface area contributed by atoms with Crippen LogP contribution in [0.5, 0.6) is 5.75 Å². The molecule has 0 amide bonds. The molecule has 14 heteroatoms. The SMILES string of the molecule is CPC(=O)OCC(=O)c1ccc2c(c1)COc1cc3c(cc1-2)CCC(OC(=O)PC)C3=O.CPC1=Nc2ccc3cc4c(cc3c2C1)CCc1cc(-c2cnc(PC)[nH]2)ccc1-4. The minimum atomic E-state index is -0.743. The van der Waals surface area contributed by atoms with E-state index in [-0.39, 0.29) is 53.4 Å². The Kier molecular flexibility index (Phi) is 12.3. The second kappa shape index (κ2) is 18.0. The Hall–Kier alpha value is -4.96. The molecule has 0 radical (unpaired) electrons. The van der Waals surface area contributed by atoms with Gasteiger partial charge in [0.1, 0.15) is 17.9 Å². The van der Waals surface area contributed by atoms with Crippen LogP contribution in [-0.4, -0.2) is 77.8 Å². The van der Waals surface area contributed by atoms with Crippen molar-refractivity contribution < 1.29 is 33.4 Å². The predicted octanol–water partition coefficient (Wildman–Crippen LogP) is 10.6. The Balaban J connectivity index is 0.000000158. The standard InChI is InChI=1S/C25H23N3P2.C23H22O7P2/c1-29-24-12-21-20-11-15-4-3-14-9-17(23-13-26-25(28-23)30-2)5-7-18(14)19(15)10-16(20)6-8-22(21)27-24;1-31-22(26)29-11-18(24)13-3-5-15-14(7-13)10-28-20-9-16-12(8-17(15)20)4-6-19(21(16)25)30-23(27)32-2/h5-11,13,29-30H,3-4,12H2,1-2H3,(H,26,28);3,5,7-9,19,31-32H,4,6,10-11H2,1-2H3. The normalized spacial score (nSPS) is 16.1. The quantitative estimate of drug-likeness (QED) is 0.112. The van der Waals surface area contributed by atoms with E-state index in [1.807, 2.05) is 18.3 Å². The summed E-state index contributed by atoms with van der Waals surface area (Å²) in [5.74, 6) is 0.124. The van der Waals surface area contributed by atoms with Gasteiger partial charge in [0, 0.05) is 28.6 Å². The van der Waals surface area contributed by atoms with Gasteiger partial charge in [0.15, 0.2) is 18.5 Å². The number of H-pyrrole nitrogens is 1. The van der Waals surface area contributed by atoms with Crippen LogP contribution in [0.15, 0.2) is 84.0 Å². The summed E-state index contributed by atoms with van der Waals surface area (Å²) < 4.78 is 16.2. The lowest BCUT2D eigenvalue weighted by Crippen LogP contribution is -2.31. The Morgan fingerprint density at radius 2 is 1.55 bits per heavy atom. The largest absolute Gasteiger partial charge is 0.488 e. The number of nitrogens with one attached hydrogen (secondary N) is 1. The van der Waals surface area contributed by atoms with Crippen molar-refractivity contribution in [3.63, 3.8) is 0 Å². The highest BCUT2D eigenvalue weighted by Gasteiger charge is 2.33. The van der Waals surface area contributed by atoms with Crippen molar-refractivity contribution in [3.05, 3.63) is 118 Å². The molecule has 0 saturated carbocycles. The third-order valence-corrected chi connectivity index (χ3v) is 14.6. The summed E-state index contributed by atoms with van der Waals surface area (Å²) in [4.78, 5) is 60.9. The maximum absolute atomic E-state index is 12.8. The van der Waals surface area contributed by atoms with Crippen molar-refractivity contribution in [2.45, 2.75) is 44.8 Å². The van der Waals surface area contributed by atoms with Gasteiger partial charge in [-0.3, -0.25) is 14.6 Å². The maximum Gasteiger partial charge on any atom is 0.323 e. The number of carbonyl (C=O) groups excluding carboxylic acids is 4. The molecule has 5 unspecified atom stereocenters. The average molecular weight is 900 g/mol.